The fourth-order valence-corrected chi connectivity index (χ4v) is 5.15. The van der Waals surface area contributed by atoms with Gasteiger partial charge >= 0.3 is 5.97 Å². The minimum absolute atomic E-state index is 0.0457. The number of nitro groups is 1. The molecular weight excluding hydrogens is 510 g/mol. The summed E-state index contributed by atoms with van der Waals surface area (Å²) in [5, 5.41) is 11.2. The van der Waals surface area contributed by atoms with Crippen molar-refractivity contribution in [2.45, 2.75) is 26.3 Å². The molecule has 0 unspecified atom stereocenters. The van der Waals surface area contributed by atoms with Crippen LogP contribution in [0.2, 0.25) is 0 Å². The number of nitrogens with zero attached hydrogens (tertiary/aromatic N) is 3. The number of rotatable bonds is 10. The van der Waals surface area contributed by atoms with Crippen LogP contribution in [0.1, 0.15) is 37.4 Å². The minimum atomic E-state index is -0.846. The topological polar surface area (TPSA) is 122 Å². The summed E-state index contributed by atoms with van der Waals surface area (Å²) in [6, 6.07) is 12.4. The molecule has 1 aromatic heterocycles. The lowest BCUT2D eigenvalue weighted by Gasteiger charge is -2.26. The van der Waals surface area contributed by atoms with Gasteiger partial charge in [-0.25, -0.2) is 9.79 Å². The third-order valence-corrected chi connectivity index (χ3v) is 6.80. The quantitative estimate of drug-likeness (QED) is 0.169. The molecule has 38 heavy (non-hydrogen) atoms. The number of fused-ring (bicyclic) bond motifs is 1. The van der Waals surface area contributed by atoms with Crippen molar-refractivity contribution in [1.29, 1.82) is 0 Å². The number of non-ortho nitro benzene ring substituents is 1. The maximum absolute atomic E-state index is 13.8. The average Bonchev–Trinajstić information content (AvgIpc) is 3.21. The second-order valence-electron chi connectivity index (χ2n) is 8.45. The van der Waals surface area contributed by atoms with Gasteiger partial charge in [-0.1, -0.05) is 48.6 Å². The third kappa shape index (κ3) is 5.58. The summed E-state index contributed by atoms with van der Waals surface area (Å²) in [5.74, 6) is -0.0592. The van der Waals surface area contributed by atoms with E-state index < -0.39 is 16.9 Å². The maximum atomic E-state index is 13.8. The van der Waals surface area contributed by atoms with E-state index in [0.717, 1.165) is 17.8 Å². The number of thiazole rings is 1. The number of hydrogen-bond acceptors (Lipinski definition) is 9. The summed E-state index contributed by atoms with van der Waals surface area (Å²) in [6.07, 6.45) is 2.37. The molecule has 0 radical (unpaired) electrons. The van der Waals surface area contributed by atoms with Crippen molar-refractivity contribution in [2.75, 3.05) is 26.9 Å². The SMILES string of the molecule is CCCOc1ccccc1[C@H]1C(C(=O)OCCOC)=C(C)N=c2s/c(=C/c3cccc([N+](=O)[O-])c3)c(=O)n21. The number of hydrogen-bond donors (Lipinski definition) is 0. The Kier molecular flexibility index (Phi) is 8.49. The molecule has 0 N–H and O–H groups in total. The largest absolute Gasteiger partial charge is 0.493 e. The first-order chi connectivity index (χ1) is 18.3. The van der Waals surface area contributed by atoms with Gasteiger partial charge in [-0.05, 0) is 31.1 Å². The van der Waals surface area contributed by atoms with Gasteiger partial charge in [-0.15, -0.1) is 0 Å². The molecule has 4 rings (SSSR count). The van der Waals surface area contributed by atoms with Crippen LogP contribution in [0.4, 0.5) is 5.69 Å². The summed E-state index contributed by atoms with van der Waals surface area (Å²) < 4.78 is 18.2. The second kappa shape index (κ2) is 12.0. The van der Waals surface area contributed by atoms with Gasteiger partial charge < -0.3 is 14.2 Å². The molecule has 2 aromatic carbocycles. The van der Waals surface area contributed by atoms with Crippen LogP contribution >= 0.6 is 11.3 Å². The molecular formula is C27H27N3O7S. The monoisotopic (exact) mass is 537 g/mol. The number of carbonyl (C=O) groups excluding carboxylic acids is 1. The van der Waals surface area contributed by atoms with Gasteiger partial charge in [0.05, 0.1) is 33.9 Å². The second-order valence-corrected chi connectivity index (χ2v) is 9.46. The Hall–Kier alpha value is -4.09. The molecule has 0 saturated heterocycles. The number of aromatic nitrogens is 1. The van der Waals surface area contributed by atoms with Crippen LogP contribution in [0.3, 0.4) is 0 Å². The van der Waals surface area contributed by atoms with E-state index in [1.54, 1.807) is 31.2 Å². The Morgan fingerprint density at radius 1 is 1.18 bits per heavy atom. The van der Waals surface area contributed by atoms with Gasteiger partial charge in [0.25, 0.3) is 11.2 Å². The number of allylic oxidation sites excluding steroid dienone is 1. The van der Waals surface area contributed by atoms with Gasteiger partial charge in [0, 0.05) is 24.8 Å². The van der Waals surface area contributed by atoms with Gasteiger partial charge in [0.2, 0.25) is 0 Å². The fourth-order valence-electron chi connectivity index (χ4n) is 4.10. The van der Waals surface area contributed by atoms with Crippen LogP contribution in [-0.4, -0.2) is 42.4 Å². The van der Waals surface area contributed by atoms with Gasteiger partial charge in [-0.2, -0.15) is 0 Å². The summed E-state index contributed by atoms with van der Waals surface area (Å²) in [4.78, 5) is 42.8. The van der Waals surface area contributed by atoms with Crippen LogP contribution in [0.25, 0.3) is 6.08 Å². The molecule has 0 fully saturated rings. The van der Waals surface area contributed by atoms with Gasteiger partial charge in [0.15, 0.2) is 4.80 Å². The highest BCUT2D eigenvalue weighted by Gasteiger charge is 2.35. The lowest BCUT2D eigenvalue weighted by Crippen LogP contribution is -2.40. The van der Waals surface area contributed by atoms with Crippen molar-refractivity contribution in [2.24, 2.45) is 4.99 Å². The van der Waals surface area contributed by atoms with Crippen molar-refractivity contribution in [3.63, 3.8) is 0 Å². The lowest BCUT2D eigenvalue weighted by molar-refractivity contribution is -0.384. The molecule has 1 aliphatic heterocycles. The Balaban J connectivity index is 1.91. The number of nitro benzene ring substituents is 1. The Morgan fingerprint density at radius 3 is 2.71 bits per heavy atom. The van der Waals surface area contributed by atoms with Crippen LogP contribution in [0, 0.1) is 10.1 Å². The summed E-state index contributed by atoms with van der Waals surface area (Å²) in [6.45, 7) is 4.42. The van der Waals surface area contributed by atoms with E-state index in [2.05, 4.69) is 4.99 Å². The van der Waals surface area contributed by atoms with Gasteiger partial charge in [0.1, 0.15) is 18.4 Å². The molecule has 0 aliphatic carbocycles. The number of carbonyl (C=O) groups is 1. The predicted octanol–water partition coefficient (Wildman–Crippen LogP) is 3.12. The smallest absolute Gasteiger partial charge is 0.338 e. The zero-order valence-electron chi connectivity index (χ0n) is 21.2. The lowest BCUT2D eigenvalue weighted by atomic mass is 9.95. The molecule has 1 aliphatic rings. The predicted molar refractivity (Wildman–Crippen MR) is 142 cm³/mol. The first kappa shape index (κ1) is 27.0. The van der Waals surface area contributed by atoms with Crippen molar-refractivity contribution in [1.82, 2.24) is 4.57 Å². The summed E-state index contributed by atoms with van der Waals surface area (Å²) >= 11 is 1.14. The van der Waals surface area contributed by atoms with Crippen LogP contribution in [0.15, 0.2) is 69.6 Å². The number of para-hydroxylation sites is 1. The molecule has 198 valence electrons. The summed E-state index contributed by atoms with van der Waals surface area (Å²) in [7, 11) is 1.51. The Morgan fingerprint density at radius 2 is 1.97 bits per heavy atom. The van der Waals surface area contributed by atoms with Gasteiger partial charge in [-0.3, -0.25) is 19.5 Å². The number of methoxy groups -OCH3 is 1. The van der Waals surface area contributed by atoms with E-state index in [1.165, 1.54) is 23.8 Å². The zero-order chi connectivity index (χ0) is 27.2. The standard InChI is InChI=1S/C27H27N3O7S/c1-4-12-36-21-11-6-5-10-20(21)24-23(26(32)37-14-13-35-3)17(2)28-27-29(24)25(31)22(38-27)16-18-8-7-9-19(15-18)30(33)34/h5-11,15-16,24H,4,12-14H2,1-3H3/b22-16+/t24-/m0/s1. The first-order valence-electron chi connectivity index (χ1n) is 12.0. The molecule has 0 spiro atoms. The van der Waals surface area contributed by atoms with Crippen molar-refractivity contribution < 1.29 is 23.9 Å². The molecule has 3 aromatic rings. The normalized spacial score (nSPS) is 15.1. The zero-order valence-corrected chi connectivity index (χ0v) is 22.0. The highest BCUT2D eigenvalue weighted by molar-refractivity contribution is 7.07. The van der Waals surface area contributed by atoms with E-state index >= 15 is 0 Å². The Bertz CT molecular complexity index is 1570. The molecule has 0 saturated carbocycles. The number of benzene rings is 2. The van der Waals surface area contributed by atoms with Crippen LogP contribution in [-0.2, 0) is 14.3 Å². The highest BCUT2D eigenvalue weighted by Crippen LogP contribution is 2.35. The first-order valence-corrected chi connectivity index (χ1v) is 12.8. The van der Waals surface area contributed by atoms with E-state index in [0.29, 0.717) is 38.5 Å². The molecule has 0 amide bonds. The van der Waals surface area contributed by atoms with Crippen molar-refractivity contribution in [3.05, 3.63) is 101 Å². The van der Waals surface area contributed by atoms with Crippen LogP contribution in [0.5, 0.6) is 5.75 Å². The number of ether oxygens (including phenoxy) is 3. The van der Waals surface area contributed by atoms with Crippen molar-refractivity contribution in [3.8, 4) is 5.75 Å². The maximum Gasteiger partial charge on any atom is 0.338 e. The number of esters is 1. The van der Waals surface area contributed by atoms with Crippen LogP contribution < -0.4 is 19.6 Å². The van der Waals surface area contributed by atoms with E-state index in [9.17, 15) is 19.7 Å². The minimum Gasteiger partial charge on any atom is -0.493 e. The third-order valence-electron chi connectivity index (χ3n) is 5.82. The summed E-state index contributed by atoms with van der Waals surface area (Å²) in [5.41, 5.74) is 1.31. The average molecular weight is 538 g/mol. The molecule has 2 heterocycles. The van der Waals surface area contributed by atoms with E-state index in [4.69, 9.17) is 14.2 Å². The molecule has 10 nitrogen and oxygen atoms in total. The Labute approximate surface area is 222 Å². The van der Waals surface area contributed by atoms with Crippen molar-refractivity contribution >= 4 is 29.1 Å². The molecule has 11 heteroatoms. The molecule has 0 bridgehead atoms. The molecule has 1 atom stereocenters. The fraction of sp³-hybridized carbons (Fsp3) is 0.296. The highest BCUT2D eigenvalue weighted by atomic mass is 32.1. The van der Waals surface area contributed by atoms with E-state index in [1.807, 2.05) is 25.1 Å². The van der Waals surface area contributed by atoms with E-state index in [-0.39, 0.29) is 30.0 Å².